The van der Waals surface area contributed by atoms with E-state index in [1.165, 1.54) is 17.7 Å². The summed E-state index contributed by atoms with van der Waals surface area (Å²) >= 11 is 0. The van der Waals surface area contributed by atoms with Crippen LogP contribution in [0.2, 0.25) is 0 Å². The lowest BCUT2D eigenvalue weighted by molar-refractivity contribution is 0.628. The number of aryl methyl sites for hydroxylation is 1. The molecule has 4 heteroatoms. The first-order chi connectivity index (χ1) is 12.2. The van der Waals surface area contributed by atoms with Gasteiger partial charge in [-0.3, -0.25) is 4.40 Å². The van der Waals surface area contributed by atoms with Gasteiger partial charge in [0.2, 0.25) is 0 Å². The third kappa shape index (κ3) is 2.98. The van der Waals surface area contributed by atoms with Crippen molar-refractivity contribution in [2.45, 2.75) is 13.5 Å². The summed E-state index contributed by atoms with van der Waals surface area (Å²) in [5, 5.41) is 3.48. The lowest BCUT2D eigenvalue weighted by Gasteiger charge is -2.09. The first-order valence-electron chi connectivity index (χ1n) is 8.24. The fourth-order valence-corrected chi connectivity index (χ4v) is 2.99. The van der Waals surface area contributed by atoms with Crippen LogP contribution < -0.4 is 5.32 Å². The number of hydrogen-bond acceptors (Lipinski definition) is 2. The number of rotatable bonds is 4. The van der Waals surface area contributed by atoms with Gasteiger partial charge in [0.1, 0.15) is 23.0 Å². The van der Waals surface area contributed by atoms with Crippen molar-refractivity contribution in [3.8, 4) is 11.3 Å². The Kier molecular flexibility index (Phi) is 3.94. The summed E-state index contributed by atoms with van der Waals surface area (Å²) in [6, 6.07) is 20.8. The van der Waals surface area contributed by atoms with Gasteiger partial charge in [0.05, 0.1) is 0 Å². The number of imidazole rings is 1. The third-order valence-electron chi connectivity index (χ3n) is 4.25. The second-order valence-corrected chi connectivity index (χ2v) is 6.04. The lowest BCUT2D eigenvalue weighted by atomic mass is 10.1. The van der Waals surface area contributed by atoms with E-state index in [1.54, 1.807) is 6.07 Å². The number of pyridine rings is 1. The summed E-state index contributed by atoms with van der Waals surface area (Å²) in [4.78, 5) is 4.77. The summed E-state index contributed by atoms with van der Waals surface area (Å²) in [6.45, 7) is 2.70. The van der Waals surface area contributed by atoms with Crippen molar-refractivity contribution in [3.63, 3.8) is 0 Å². The van der Waals surface area contributed by atoms with Gasteiger partial charge in [0.25, 0.3) is 0 Å². The molecule has 124 valence electrons. The summed E-state index contributed by atoms with van der Waals surface area (Å²) in [5.41, 5.74) is 4.64. The zero-order chi connectivity index (χ0) is 17.2. The van der Waals surface area contributed by atoms with Gasteiger partial charge in [-0.1, -0.05) is 48.5 Å². The van der Waals surface area contributed by atoms with Crippen LogP contribution >= 0.6 is 0 Å². The zero-order valence-electron chi connectivity index (χ0n) is 13.9. The average molecular weight is 331 g/mol. The van der Waals surface area contributed by atoms with E-state index >= 15 is 0 Å². The number of nitrogens with one attached hydrogen (secondary N) is 1. The van der Waals surface area contributed by atoms with Crippen molar-refractivity contribution in [2.75, 3.05) is 5.32 Å². The molecule has 0 radical (unpaired) electrons. The first-order valence-corrected chi connectivity index (χ1v) is 8.24. The van der Waals surface area contributed by atoms with Gasteiger partial charge in [-0.15, -0.1) is 0 Å². The quantitative estimate of drug-likeness (QED) is 0.566. The SMILES string of the molecule is Cc1cccn2c(NCc3ccccc3)c(-c3cccc(F)c3)nc12. The Morgan fingerprint density at radius 3 is 2.64 bits per heavy atom. The van der Waals surface area contributed by atoms with Crippen LogP contribution in [-0.2, 0) is 6.54 Å². The average Bonchev–Trinajstić information content (AvgIpc) is 3.01. The minimum Gasteiger partial charge on any atom is -0.365 e. The van der Waals surface area contributed by atoms with Gasteiger partial charge in [0, 0.05) is 18.3 Å². The van der Waals surface area contributed by atoms with E-state index in [2.05, 4.69) is 17.4 Å². The van der Waals surface area contributed by atoms with Crippen LogP contribution in [0.15, 0.2) is 72.9 Å². The molecule has 0 aliphatic carbocycles. The lowest BCUT2D eigenvalue weighted by Crippen LogP contribution is -2.03. The number of hydrogen-bond donors (Lipinski definition) is 1. The molecule has 0 saturated carbocycles. The van der Waals surface area contributed by atoms with Crippen LogP contribution in [0.3, 0.4) is 0 Å². The van der Waals surface area contributed by atoms with Crippen LogP contribution in [0.1, 0.15) is 11.1 Å². The molecule has 0 unspecified atom stereocenters. The maximum atomic E-state index is 13.7. The Labute approximate surface area is 145 Å². The summed E-state index contributed by atoms with van der Waals surface area (Å²) in [6.07, 6.45) is 1.98. The number of anilines is 1. The van der Waals surface area contributed by atoms with Crippen molar-refractivity contribution in [3.05, 3.63) is 89.9 Å². The molecule has 0 saturated heterocycles. The predicted octanol–water partition coefficient (Wildman–Crippen LogP) is 5.06. The molecular formula is C21H18FN3. The smallest absolute Gasteiger partial charge is 0.142 e. The fourth-order valence-electron chi connectivity index (χ4n) is 2.99. The van der Waals surface area contributed by atoms with Crippen molar-refractivity contribution in [1.82, 2.24) is 9.38 Å². The molecular weight excluding hydrogens is 313 g/mol. The Hall–Kier alpha value is -3.14. The zero-order valence-corrected chi connectivity index (χ0v) is 13.9. The van der Waals surface area contributed by atoms with Crippen molar-refractivity contribution < 1.29 is 4.39 Å². The van der Waals surface area contributed by atoms with Crippen LogP contribution in [0, 0.1) is 12.7 Å². The van der Waals surface area contributed by atoms with Gasteiger partial charge in [0.15, 0.2) is 0 Å². The third-order valence-corrected chi connectivity index (χ3v) is 4.25. The highest BCUT2D eigenvalue weighted by molar-refractivity contribution is 5.77. The van der Waals surface area contributed by atoms with E-state index in [0.29, 0.717) is 6.54 Å². The van der Waals surface area contributed by atoms with Gasteiger partial charge in [-0.05, 0) is 36.2 Å². The highest BCUT2D eigenvalue weighted by Gasteiger charge is 2.15. The van der Waals surface area contributed by atoms with E-state index < -0.39 is 0 Å². The molecule has 0 aliphatic heterocycles. The molecule has 2 aromatic heterocycles. The van der Waals surface area contributed by atoms with Crippen molar-refractivity contribution in [2.24, 2.45) is 0 Å². The summed E-state index contributed by atoms with van der Waals surface area (Å²) in [5.74, 6) is 0.605. The molecule has 0 fully saturated rings. The topological polar surface area (TPSA) is 29.3 Å². The molecule has 0 amide bonds. The van der Waals surface area contributed by atoms with E-state index in [0.717, 1.165) is 28.3 Å². The molecule has 2 heterocycles. The Morgan fingerprint density at radius 1 is 1.00 bits per heavy atom. The second-order valence-electron chi connectivity index (χ2n) is 6.04. The van der Waals surface area contributed by atoms with E-state index in [4.69, 9.17) is 4.98 Å². The normalized spacial score (nSPS) is 11.0. The molecule has 1 N–H and O–H groups in total. The van der Waals surface area contributed by atoms with Crippen LogP contribution in [-0.4, -0.2) is 9.38 Å². The fraction of sp³-hybridized carbons (Fsp3) is 0.0952. The van der Waals surface area contributed by atoms with E-state index in [9.17, 15) is 4.39 Å². The van der Waals surface area contributed by atoms with Crippen LogP contribution in [0.5, 0.6) is 0 Å². The molecule has 4 aromatic rings. The number of nitrogens with zero attached hydrogens (tertiary/aromatic N) is 2. The molecule has 3 nitrogen and oxygen atoms in total. The highest BCUT2D eigenvalue weighted by Crippen LogP contribution is 2.30. The molecule has 0 bridgehead atoms. The molecule has 0 aliphatic rings. The Bertz CT molecular complexity index is 1020. The molecule has 4 rings (SSSR count). The van der Waals surface area contributed by atoms with Gasteiger partial charge in [-0.2, -0.15) is 0 Å². The van der Waals surface area contributed by atoms with Crippen molar-refractivity contribution in [1.29, 1.82) is 0 Å². The van der Waals surface area contributed by atoms with E-state index in [-0.39, 0.29) is 5.82 Å². The summed E-state index contributed by atoms with van der Waals surface area (Å²) < 4.78 is 15.7. The van der Waals surface area contributed by atoms with Crippen molar-refractivity contribution >= 4 is 11.5 Å². The standard InChI is InChI=1S/C21H18FN3/c1-15-7-6-12-25-20(15)24-19(17-10-5-11-18(22)13-17)21(25)23-14-16-8-3-2-4-9-16/h2-13,23H,14H2,1H3. The molecule has 0 atom stereocenters. The number of fused-ring (bicyclic) bond motifs is 1. The second kappa shape index (κ2) is 6.40. The van der Waals surface area contributed by atoms with Gasteiger partial charge < -0.3 is 5.32 Å². The molecule has 0 spiro atoms. The minimum atomic E-state index is -0.264. The maximum Gasteiger partial charge on any atom is 0.142 e. The largest absolute Gasteiger partial charge is 0.365 e. The number of halogens is 1. The summed E-state index contributed by atoms with van der Waals surface area (Å²) in [7, 11) is 0. The van der Waals surface area contributed by atoms with Crippen LogP contribution in [0.25, 0.3) is 16.9 Å². The highest BCUT2D eigenvalue weighted by atomic mass is 19.1. The maximum absolute atomic E-state index is 13.7. The predicted molar refractivity (Wildman–Crippen MR) is 99.1 cm³/mol. The van der Waals surface area contributed by atoms with Gasteiger partial charge >= 0.3 is 0 Å². The Morgan fingerprint density at radius 2 is 1.84 bits per heavy atom. The molecule has 2 aromatic carbocycles. The van der Waals surface area contributed by atoms with Gasteiger partial charge in [-0.25, -0.2) is 9.37 Å². The van der Waals surface area contributed by atoms with Crippen LogP contribution in [0.4, 0.5) is 10.2 Å². The Balaban J connectivity index is 1.82. The first kappa shape index (κ1) is 15.4. The minimum absolute atomic E-state index is 0.264. The number of aromatic nitrogens is 2. The monoisotopic (exact) mass is 331 g/mol. The van der Waals surface area contributed by atoms with E-state index in [1.807, 2.05) is 53.9 Å². The number of benzene rings is 2. The molecule has 25 heavy (non-hydrogen) atoms.